The van der Waals surface area contributed by atoms with Gasteiger partial charge in [-0.2, -0.15) is 0 Å². The fourth-order valence-electron chi connectivity index (χ4n) is 3.91. The van der Waals surface area contributed by atoms with Crippen molar-refractivity contribution in [1.82, 2.24) is 4.90 Å². The molecule has 6 heteroatoms. The first kappa shape index (κ1) is 17.7. The Bertz CT molecular complexity index is 893. The summed E-state index contributed by atoms with van der Waals surface area (Å²) in [6.45, 7) is 3.07. The Hall–Kier alpha value is -2.73. The van der Waals surface area contributed by atoms with Gasteiger partial charge in [0, 0.05) is 25.3 Å². The van der Waals surface area contributed by atoms with Gasteiger partial charge in [0.2, 0.25) is 0 Å². The summed E-state index contributed by atoms with van der Waals surface area (Å²) in [6.07, 6.45) is 2.42. The lowest BCUT2D eigenvalue weighted by atomic mass is 10.1. The summed E-state index contributed by atoms with van der Waals surface area (Å²) in [4.78, 5) is 30.3. The van der Waals surface area contributed by atoms with Crippen LogP contribution in [0.3, 0.4) is 0 Å². The van der Waals surface area contributed by atoms with E-state index in [1.807, 2.05) is 24.1 Å². The molecule has 140 valence electrons. The van der Waals surface area contributed by atoms with Crippen LogP contribution in [-0.2, 0) is 11.3 Å². The van der Waals surface area contributed by atoms with Crippen molar-refractivity contribution in [2.24, 2.45) is 0 Å². The lowest BCUT2D eigenvalue weighted by Gasteiger charge is -2.27. The van der Waals surface area contributed by atoms with Gasteiger partial charge in [-0.15, -0.1) is 0 Å². The van der Waals surface area contributed by atoms with Gasteiger partial charge >= 0.3 is 5.91 Å². The standard InChI is InChI=1S/C21H22FN3O2/c1-23(13-15-6-2-3-7-18(15)24-10-4-5-11-24)14-25-19-9-8-16(22)12-17(19)20(26)21(25)27/h2-3,6-9,12H,4-5,10-11,13-14H2,1H3. The highest BCUT2D eigenvalue weighted by molar-refractivity contribution is 6.52. The summed E-state index contributed by atoms with van der Waals surface area (Å²) < 4.78 is 13.4. The molecule has 0 aliphatic carbocycles. The number of benzene rings is 2. The van der Waals surface area contributed by atoms with Gasteiger partial charge in [0.1, 0.15) is 5.82 Å². The van der Waals surface area contributed by atoms with E-state index in [0.717, 1.165) is 19.2 Å². The number of carbonyl (C=O) groups is 2. The number of Topliss-reactive ketones (excluding diaryl/α,β-unsaturated/α-hetero) is 1. The fourth-order valence-corrected chi connectivity index (χ4v) is 3.91. The number of anilines is 2. The van der Waals surface area contributed by atoms with E-state index in [1.54, 1.807) is 0 Å². The first-order valence-corrected chi connectivity index (χ1v) is 9.22. The molecule has 0 N–H and O–H groups in total. The van der Waals surface area contributed by atoms with E-state index in [2.05, 4.69) is 17.0 Å². The third-order valence-corrected chi connectivity index (χ3v) is 5.19. The van der Waals surface area contributed by atoms with Gasteiger partial charge in [-0.1, -0.05) is 18.2 Å². The van der Waals surface area contributed by atoms with E-state index >= 15 is 0 Å². The second kappa shape index (κ2) is 7.12. The smallest absolute Gasteiger partial charge is 0.300 e. The number of carbonyl (C=O) groups excluding carboxylic acids is 2. The summed E-state index contributed by atoms with van der Waals surface area (Å²) in [6, 6.07) is 12.2. The van der Waals surface area contributed by atoms with Gasteiger partial charge in [0.15, 0.2) is 0 Å². The van der Waals surface area contributed by atoms with Crippen LogP contribution in [0.2, 0.25) is 0 Å². The monoisotopic (exact) mass is 367 g/mol. The maximum atomic E-state index is 13.4. The topological polar surface area (TPSA) is 43.9 Å². The Morgan fingerprint density at radius 2 is 1.78 bits per heavy atom. The maximum Gasteiger partial charge on any atom is 0.300 e. The van der Waals surface area contributed by atoms with Crippen molar-refractivity contribution in [3.8, 4) is 0 Å². The van der Waals surface area contributed by atoms with E-state index in [1.165, 1.54) is 41.1 Å². The average Bonchev–Trinajstić information content (AvgIpc) is 3.26. The number of hydrogen-bond donors (Lipinski definition) is 0. The Morgan fingerprint density at radius 1 is 1.04 bits per heavy atom. The van der Waals surface area contributed by atoms with Crippen LogP contribution < -0.4 is 9.80 Å². The number of ketones is 1. The van der Waals surface area contributed by atoms with Crippen LogP contribution in [0, 0.1) is 5.82 Å². The Balaban J connectivity index is 1.52. The second-order valence-corrected chi connectivity index (χ2v) is 7.20. The van der Waals surface area contributed by atoms with Gasteiger partial charge in [0.25, 0.3) is 5.78 Å². The predicted molar refractivity (Wildman–Crippen MR) is 102 cm³/mol. The van der Waals surface area contributed by atoms with Gasteiger partial charge in [-0.05, 0) is 49.7 Å². The molecule has 4 rings (SSSR count). The van der Waals surface area contributed by atoms with Crippen molar-refractivity contribution >= 4 is 23.1 Å². The first-order valence-electron chi connectivity index (χ1n) is 9.22. The van der Waals surface area contributed by atoms with Crippen LogP contribution in [0.1, 0.15) is 28.8 Å². The number of rotatable bonds is 5. The summed E-state index contributed by atoms with van der Waals surface area (Å²) in [5.74, 6) is -1.75. The van der Waals surface area contributed by atoms with Crippen LogP contribution in [0.5, 0.6) is 0 Å². The average molecular weight is 367 g/mol. The molecule has 1 saturated heterocycles. The van der Waals surface area contributed by atoms with Crippen LogP contribution in [0.4, 0.5) is 15.8 Å². The Labute approximate surface area is 158 Å². The third-order valence-electron chi connectivity index (χ3n) is 5.19. The van der Waals surface area contributed by atoms with Crippen molar-refractivity contribution in [2.75, 3.05) is 36.6 Å². The summed E-state index contributed by atoms with van der Waals surface area (Å²) >= 11 is 0. The van der Waals surface area contributed by atoms with Crippen molar-refractivity contribution in [3.63, 3.8) is 0 Å². The molecule has 0 aromatic heterocycles. The summed E-state index contributed by atoms with van der Waals surface area (Å²) in [5, 5.41) is 0. The lowest BCUT2D eigenvalue weighted by Crippen LogP contribution is -2.39. The van der Waals surface area contributed by atoms with Gasteiger partial charge < -0.3 is 4.90 Å². The van der Waals surface area contributed by atoms with Crippen LogP contribution in [0.15, 0.2) is 42.5 Å². The second-order valence-electron chi connectivity index (χ2n) is 7.20. The molecule has 2 aromatic carbocycles. The number of para-hydroxylation sites is 1. The molecule has 1 amide bonds. The maximum absolute atomic E-state index is 13.4. The number of nitrogens with zero attached hydrogens (tertiary/aromatic N) is 3. The van der Waals surface area contributed by atoms with Crippen LogP contribution >= 0.6 is 0 Å². The molecule has 0 spiro atoms. The highest BCUT2D eigenvalue weighted by atomic mass is 19.1. The van der Waals surface area contributed by atoms with Gasteiger partial charge in [-0.3, -0.25) is 19.4 Å². The van der Waals surface area contributed by atoms with Crippen LogP contribution in [-0.4, -0.2) is 43.4 Å². The molecule has 2 aliphatic rings. The number of hydrogen-bond acceptors (Lipinski definition) is 4. The highest BCUT2D eigenvalue weighted by Crippen LogP contribution is 2.30. The van der Waals surface area contributed by atoms with E-state index in [-0.39, 0.29) is 12.2 Å². The van der Waals surface area contributed by atoms with Crippen molar-refractivity contribution in [2.45, 2.75) is 19.4 Å². The van der Waals surface area contributed by atoms with Gasteiger partial charge in [-0.25, -0.2) is 4.39 Å². The molecule has 0 atom stereocenters. The van der Waals surface area contributed by atoms with Crippen LogP contribution in [0.25, 0.3) is 0 Å². The molecular weight excluding hydrogens is 345 g/mol. The van der Waals surface area contributed by atoms with E-state index in [0.29, 0.717) is 12.2 Å². The molecule has 2 aliphatic heterocycles. The largest absolute Gasteiger partial charge is 0.371 e. The Kier molecular flexibility index (Phi) is 4.66. The molecule has 0 radical (unpaired) electrons. The highest BCUT2D eigenvalue weighted by Gasteiger charge is 2.36. The molecule has 0 bridgehead atoms. The molecule has 1 fully saturated rings. The summed E-state index contributed by atoms with van der Waals surface area (Å²) in [5.41, 5.74) is 3.05. The zero-order chi connectivity index (χ0) is 19.0. The molecular formula is C21H22FN3O2. The van der Waals surface area contributed by atoms with Gasteiger partial charge in [0.05, 0.1) is 17.9 Å². The number of fused-ring (bicyclic) bond motifs is 1. The fraction of sp³-hybridized carbons (Fsp3) is 0.333. The zero-order valence-electron chi connectivity index (χ0n) is 15.3. The molecule has 2 aromatic rings. The normalized spacial score (nSPS) is 16.6. The number of halogens is 1. The van der Waals surface area contributed by atoms with E-state index in [4.69, 9.17) is 0 Å². The quantitative estimate of drug-likeness (QED) is 0.762. The predicted octanol–water partition coefficient (Wildman–Crippen LogP) is 3.04. The number of amides is 1. The van der Waals surface area contributed by atoms with E-state index in [9.17, 15) is 14.0 Å². The Morgan fingerprint density at radius 3 is 2.56 bits per heavy atom. The first-order chi connectivity index (χ1) is 13.0. The molecule has 5 nitrogen and oxygen atoms in total. The lowest BCUT2D eigenvalue weighted by molar-refractivity contribution is -0.114. The molecule has 0 unspecified atom stereocenters. The third kappa shape index (κ3) is 3.32. The van der Waals surface area contributed by atoms with Crippen molar-refractivity contribution in [3.05, 3.63) is 59.4 Å². The molecule has 0 saturated carbocycles. The minimum Gasteiger partial charge on any atom is -0.371 e. The minimum atomic E-state index is -0.643. The molecule has 2 heterocycles. The van der Waals surface area contributed by atoms with Crippen molar-refractivity contribution in [1.29, 1.82) is 0 Å². The van der Waals surface area contributed by atoms with E-state index < -0.39 is 17.5 Å². The molecule has 27 heavy (non-hydrogen) atoms. The SMILES string of the molecule is CN(Cc1ccccc1N1CCCC1)CN1C(=O)C(=O)c2cc(F)ccc21. The summed E-state index contributed by atoms with van der Waals surface area (Å²) in [7, 11) is 1.92. The minimum absolute atomic E-state index is 0.144. The zero-order valence-corrected chi connectivity index (χ0v) is 15.3. The van der Waals surface area contributed by atoms with Crippen molar-refractivity contribution < 1.29 is 14.0 Å².